The highest BCUT2D eigenvalue weighted by atomic mass is 32.2. The van der Waals surface area contributed by atoms with Crippen LogP contribution >= 0.6 is 0 Å². The second-order valence-corrected chi connectivity index (χ2v) is 8.83. The molecule has 1 heterocycles. The molecule has 0 bridgehead atoms. The van der Waals surface area contributed by atoms with Crippen molar-refractivity contribution < 1.29 is 13.2 Å². The van der Waals surface area contributed by atoms with Gasteiger partial charge in [-0.25, -0.2) is 18.1 Å². The highest BCUT2D eigenvalue weighted by Crippen LogP contribution is 2.26. The minimum atomic E-state index is -3.77. The summed E-state index contributed by atoms with van der Waals surface area (Å²) in [4.78, 5) is 7.31. The lowest BCUT2D eigenvalue weighted by Gasteiger charge is -2.20. The van der Waals surface area contributed by atoms with E-state index in [1.54, 1.807) is 18.6 Å². The van der Waals surface area contributed by atoms with Crippen LogP contribution in [-0.4, -0.2) is 31.0 Å². The molecule has 0 aliphatic carbocycles. The largest absolute Gasteiger partial charge is 0.492 e. The summed E-state index contributed by atoms with van der Waals surface area (Å²) >= 11 is 0. The number of ether oxygens (including phenoxy) is 1. The lowest BCUT2D eigenvalue weighted by molar-refractivity contribution is 0.277. The van der Waals surface area contributed by atoms with Crippen LogP contribution in [0.2, 0.25) is 0 Å². The summed E-state index contributed by atoms with van der Waals surface area (Å²) in [5.41, 5.74) is 1.86. The third-order valence-corrected chi connectivity index (χ3v) is 6.51. The predicted molar refractivity (Wildman–Crippen MR) is 117 cm³/mol. The predicted octanol–water partition coefficient (Wildman–Crippen LogP) is 3.84. The minimum absolute atomic E-state index is 0.187. The molecule has 0 aliphatic heterocycles. The number of aryl methyl sites for hydroxylation is 1. The van der Waals surface area contributed by atoms with Gasteiger partial charge in [0, 0.05) is 23.7 Å². The van der Waals surface area contributed by atoms with Crippen LogP contribution in [0.4, 0.5) is 0 Å². The summed E-state index contributed by atoms with van der Waals surface area (Å²) in [5.74, 6) is 0.687. The fourth-order valence-electron chi connectivity index (χ4n) is 3.45. The van der Waals surface area contributed by atoms with Gasteiger partial charge in [0.15, 0.2) is 0 Å². The van der Waals surface area contributed by atoms with E-state index in [4.69, 9.17) is 4.74 Å². The summed E-state index contributed by atoms with van der Waals surface area (Å²) in [6.07, 6.45) is 3.69. The molecular formula is C23H23N3O3S. The first-order valence-electron chi connectivity index (χ1n) is 9.69. The van der Waals surface area contributed by atoms with Crippen LogP contribution in [-0.2, 0) is 16.4 Å². The third kappa shape index (κ3) is 4.53. The van der Waals surface area contributed by atoms with E-state index in [0.717, 1.165) is 16.6 Å². The maximum Gasteiger partial charge on any atom is 0.241 e. The number of nitrogens with zero attached hydrogens (tertiary/aromatic N) is 1. The molecule has 0 fully saturated rings. The summed E-state index contributed by atoms with van der Waals surface area (Å²) in [5, 5.41) is 1.63. The van der Waals surface area contributed by atoms with Crippen LogP contribution in [0.1, 0.15) is 11.3 Å². The van der Waals surface area contributed by atoms with Crippen molar-refractivity contribution in [2.75, 3.05) is 6.61 Å². The van der Waals surface area contributed by atoms with Crippen molar-refractivity contribution >= 4 is 20.8 Å². The first kappa shape index (κ1) is 20.1. The van der Waals surface area contributed by atoms with Gasteiger partial charge in [-0.15, -0.1) is 0 Å². The maximum absolute atomic E-state index is 13.3. The van der Waals surface area contributed by atoms with Crippen LogP contribution in [0, 0.1) is 6.92 Å². The molecule has 1 atom stereocenters. The number of H-pyrrole nitrogens is 1. The number of hydrogen-bond donors (Lipinski definition) is 2. The van der Waals surface area contributed by atoms with Crippen molar-refractivity contribution in [1.82, 2.24) is 14.7 Å². The Bertz CT molecular complexity index is 1220. The molecule has 6 nitrogen and oxygen atoms in total. The first-order chi connectivity index (χ1) is 14.5. The zero-order valence-electron chi connectivity index (χ0n) is 16.6. The lowest BCUT2D eigenvalue weighted by atomic mass is 10.1. The molecule has 0 saturated carbocycles. The van der Waals surface area contributed by atoms with Crippen LogP contribution < -0.4 is 9.46 Å². The van der Waals surface area contributed by atoms with Crippen LogP contribution in [0.15, 0.2) is 84.1 Å². The topological polar surface area (TPSA) is 84.1 Å². The van der Waals surface area contributed by atoms with E-state index in [-0.39, 0.29) is 11.5 Å². The van der Waals surface area contributed by atoms with Gasteiger partial charge >= 0.3 is 0 Å². The van der Waals surface area contributed by atoms with Crippen molar-refractivity contribution in [1.29, 1.82) is 0 Å². The zero-order chi connectivity index (χ0) is 21.0. The Morgan fingerprint density at radius 3 is 2.47 bits per heavy atom. The third-order valence-electron chi connectivity index (χ3n) is 4.93. The minimum Gasteiger partial charge on any atom is -0.492 e. The van der Waals surface area contributed by atoms with Gasteiger partial charge in [-0.05, 0) is 36.1 Å². The number of aromatic nitrogens is 2. The number of hydrogen-bond acceptors (Lipinski definition) is 4. The van der Waals surface area contributed by atoms with E-state index in [0.29, 0.717) is 17.6 Å². The Morgan fingerprint density at radius 2 is 1.73 bits per heavy atom. The number of para-hydroxylation sites is 1. The summed E-state index contributed by atoms with van der Waals surface area (Å²) < 4.78 is 35.3. The second kappa shape index (κ2) is 8.69. The standard InChI is InChI=1S/C23H23N3O3S/c1-17-11-12-23(22-10-6-5-9-21(17)22)30(27,28)26-19(13-18-14-24-16-25-18)15-29-20-7-3-2-4-8-20/h2-12,14,16,19,26H,13,15H2,1H3,(H,24,25)/t19-/m0/s1. The average Bonchev–Trinajstić information content (AvgIpc) is 3.26. The van der Waals surface area contributed by atoms with E-state index in [1.807, 2.05) is 67.6 Å². The molecule has 0 radical (unpaired) electrons. The molecule has 7 heteroatoms. The SMILES string of the molecule is Cc1ccc(S(=O)(=O)N[C@H](COc2ccccc2)Cc2cnc[nH]2)c2ccccc12. The fourth-order valence-corrected chi connectivity index (χ4v) is 4.88. The van der Waals surface area contributed by atoms with Gasteiger partial charge in [0.2, 0.25) is 10.0 Å². The highest BCUT2D eigenvalue weighted by Gasteiger charge is 2.23. The monoisotopic (exact) mass is 421 g/mol. The maximum atomic E-state index is 13.3. The van der Waals surface area contributed by atoms with Crippen LogP contribution in [0.5, 0.6) is 5.75 Å². The van der Waals surface area contributed by atoms with Crippen molar-refractivity contribution in [3.63, 3.8) is 0 Å². The molecule has 154 valence electrons. The molecule has 4 rings (SSSR count). The van der Waals surface area contributed by atoms with Gasteiger partial charge in [-0.2, -0.15) is 0 Å². The number of aromatic amines is 1. The summed E-state index contributed by atoms with van der Waals surface area (Å²) in [6.45, 7) is 2.16. The Labute approximate surface area is 176 Å². The van der Waals surface area contributed by atoms with Gasteiger partial charge in [0.1, 0.15) is 12.4 Å². The number of benzene rings is 3. The first-order valence-corrected chi connectivity index (χ1v) is 11.2. The molecule has 0 unspecified atom stereocenters. The fraction of sp³-hybridized carbons (Fsp3) is 0.174. The van der Waals surface area contributed by atoms with Crippen LogP contribution in [0.3, 0.4) is 0 Å². The average molecular weight is 422 g/mol. The molecule has 0 amide bonds. The van der Waals surface area contributed by atoms with Crippen molar-refractivity contribution in [3.8, 4) is 5.75 Å². The van der Waals surface area contributed by atoms with Gasteiger partial charge in [0.05, 0.1) is 17.3 Å². The molecule has 0 aliphatic rings. The van der Waals surface area contributed by atoms with Crippen molar-refractivity contribution in [3.05, 3.63) is 90.5 Å². The molecule has 3 aromatic carbocycles. The Hall–Kier alpha value is -3.16. The van der Waals surface area contributed by atoms with Gasteiger partial charge < -0.3 is 9.72 Å². The van der Waals surface area contributed by atoms with Crippen LogP contribution in [0.25, 0.3) is 10.8 Å². The van der Waals surface area contributed by atoms with Gasteiger partial charge in [-0.1, -0.05) is 48.5 Å². The quantitative estimate of drug-likeness (QED) is 0.453. The highest BCUT2D eigenvalue weighted by molar-refractivity contribution is 7.89. The zero-order valence-corrected chi connectivity index (χ0v) is 17.4. The van der Waals surface area contributed by atoms with E-state index in [9.17, 15) is 8.42 Å². The second-order valence-electron chi connectivity index (χ2n) is 7.15. The number of nitrogens with one attached hydrogen (secondary N) is 2. The normalized spacial score (nSPS) is 12.7. The Kier molecular flexibility index (Phi) is 5.83. The molecule has 0 saturated heterocycles. The molecular weight excluding hydrogens is 398 g/mol. The summed E-state index contributed by atoms with van der Waals surface area (Å²) in [7, 11) is -3.77. The number of sulfonamides is 1. The van der Waals surface area contributed by atoms with Crippen molar-refractivity contribution in [2.24, 2.45) is 0 Å². The lowest BCUT2D eigenvalue weighted by Crippen LogP contribution is -2.40. The summed E-state index contributed by atoms with van der Waals surface area (Å²) in [6, 6.07) is 19.9. The molecule has 0 spiro atoms. The Balaban J connectivity index is 1.62. The van der Waals surface area contributed by atoms with Gasteiger partial charge in [-0.3, -0.25) is 0 Å². The van der Waals surface area contributed by atoms with Crippen molar-refractivity contribution in [2.45, 2.75) is 24.3 Å². The van der Waals surface area contributed by atoms with E-state index in [1.165, 1.54) is 0 Å². The van der Waals surface area contributed by atoms with E-state index >= 15 is 0 Å². The van der Waals surface area contributed by atoms with Gasteiger partial charge in [0.25, 0.3) is 0 Å². The molecule has 4 aromatic rings. The number of rotatable bonds is 8. The molecule has 30 heavy (non-hydrogen) atoms. The Morgan fingerprint density at radius 1 is 1.00 bits per heavy atom. The number of fused-ring (bicyclic) bond motifs is 1. The van der Waals surface area contributed by atoms with E-state index < -0.39 is 16.1 Å². The number of imidazole rings is 1. The molecule has 2 N–H and O–H groups in total. The molecule has 1 aromatic heterocycles. The smallest absolute Gasteiger partial charge is 0.241 e. The van der Waals surface area contributed by atoms with E-state index in [2.05, 4.69) is 14.7 Å².